The molecule has 0 saturated heterocycles. The summed E-state index contributed by atoms with van der Waals surface area (Å²) in [6, 6.07) is 11.8. The van der Waals surface area contributed by atoms with E-state index in [-0.39, 0.29) is 5.91 Å². The molecule has 1 aliphatic rings. The number of carbonyl (C=O) groups excluding carboxylic acids is 1. The zero-order valence-corrected chi connectivity index (χ0v) is 9.13. The van der Waals surface area contributed by atoms with Crippen molar-refractivity contribution >= 4 is 34.4 Å². The van der Waals surface area contributed by atoms with Crippen LogP contribution in [0.2, 0.25) is 0 Å². The number of benzene rings is 2. The summed E-state index contributed by atoms with van der Waals surface area (Å²) in [4.78, 5) is 17.5. The van der Waals surface area contributed by atoms with Crippen LogP contribution in [0.25, 0.3) is 10.8 Å². The fourth-order valence-corrected chi connectivity index (χ4v) is 2.07. The molecule has 0 bridgehead atoms. The fourth-order valence-electron chi connectivity index (χ4n) is 2.07. The van der Waals surface area contributed by atoms with Crippen LogP contribution in [0.1, 0.15) is 0 Å². The van der Waals surface area contributed by atoms with Crippen molar-refractivity contribution < 1.29 is 4.79 Å². The Balaban J connectivity index is 2.34. The molecule has 0 radical (unpaired) electrons. The lowest BCUT2D eigenvalue weighted by Gasteiger charge is -2.22. The van der Waals surface area contributed by atoms with E-state index < -0.39 is 0 Å². The van der Waals surface area contributed by atoms with E-state index >= 15 is 0 Å². The largest absolute Gasteiger partial charge is 0.269 e. The lowest BCUT2D eigenvalue weighted by molar-refractivity contribution is -0.113. The molecule has 2 aromatic carbocycles. The van der Waals surface area contributed by atoms with Crippen LogP contribution < -0.4 is 4.90 Å². The van der Waals surface area contributed by atoms with Crippen molar-refractivity contribution in [3.05, 3.63) is 49.1 Å². The van der Waals surface area contributed by atoms with Gasteiger partial charge in [0.1, 0.15) is 6.34 Å². The van der Waals surface area contributed by atoms with Gasteiger partial charge in [-0.3, -0.25) is 9.69 Å². The van der Waals surface area contributed by atoms with Crippen molar-refractivity contribution in [3.63, 3.8) is 0 Å². The lowest BCUT2D eigenvalue weighted by Crippen LogP contribution is -2.28. The van der Waals surface area contributed by atoms with Gasteiger partial charge in [-0.2, -0.15) is 0 Å². The average molecular weight is 222 g/mol. The molecule has 1 aliphatic heterocycles. The highest BCUT2D eigenvalue weighted by Crippen LogP contribution is 2.36. The Bertz CT molecular complexity index is 653. The molecule has 0 aromatic heterocycles. The van der Waals surface area contributed by atoms with Gasteiger partial charge in [-0.05, 0) is 23.6 Å². The summed E-state index contributed by atoms with van der Waals surface area (Å²) in [5.74, 6) is -0.171. The van der Waals surface area contributed by atoms with E-state index in [0.717, 1.165) is 22.1 Å². The van der Waals surface area contributed by atoms with Crippen LogP contribution >= 0.6 is 0 Å². The molecule has 0 unspecified atom stereocenters. The van der Waals surface area contributed by atoms with E-state index in [4.69, 9.17) is 0 Å². The molecule has 0 spiro atoms. The van der Waals surface area contributed by atoms with E-state index in [1.807, 2.05) is 36.4 Å². The fraction of sp³-hybridized carbons (Fsp3) is 0. The number of anilines is 1. The van der Waals surface area contributed by atoms with Crippen LogP contribution in [0.3, 0.4) is 0 Å². The Morgan fingerprint density at radius 2 is 2.00 bits per heavy atom. The second-order valence-electron chi connectivity index (χ2n) is 3.81. The van der Waals surface area contributed by atoms with Gasteiger partial charge in [-0.1, -0.05) is 30.8 Å². The summed E-state index contributed by atoms with van der Waals surface area (Å²) in [5.41, 5.74) is 1.75. The Labute approximate surface area is 98.7 Å². The highest BCUT2D eigenvalue weighted by Gasteiger charge is 2.18. The van der Waals surface area contributed by atoms with Gasteiger partial charge in [0, 0.05) is 5.39 Å². The molecule has 3 nitrogen and oxygen atoms in total. The third-order valence-corrected chi connectivity index (χ3v) is 2.84. The first-order valence-electron chi connectivity index (χ1n) is 5.33. The van der Waals surface area contributed by atoms with Crippen LogP contribution in [0.5, 0.6) is 0 Å². The average Bonchev–Trinajstić information content (AvgIpc) is 2.39. The standard InChI is InChI=1S/C14H10N2O/c1-2-13(17)16-9-15-11-7-3-5-10-6-4-8-12(16)14(10)11/h2-9H,1H2. The smallest absolute Gasteiger partial charge is 0.255 e. The van der Waals surface area contributed by atoms with Crippen LogP contribution in [0, 0.1) is 0 Å². The topological polar surface area (TPSA) is 32.7 Å². The van der Waals surface area contributed by atoms with Crippen LogP contribution in [-0.2, 0) is 4.79 Å². The minimum Gasteiger partial charge on any atom is -0.269 e. The van der Waals surface area contributed by atoms with Crippen molar-refractivity contribution in [2.75, 3.05) is 4.90 Å². The molecule has 17 heavy (non-hydrogen) atoms. The summed E-state index contributed by atoms with van der Waals surface area (Å²) in [7, 11) is 0. The summed E-state index contributed by atoms with van der Waals surface area (Å²) in [6.07, 6.45) is 2.83. The van der Waals surface area contributed by atoms with Crippen molar-refractivity contribution in [1.82, 2.24) is 0 Å². The minimum absolute atomic E-state index is 0.171. The zero-order valence-electron chi connectivity index (χ0n) is 9.13. The molecule has 0 fully saturated rings. The molecular weight excluding hydrogens is 212 g/mol. The lowest BCUT2D eigenvalue weighted by atomic mass is 10.1. The number of nitrogens with zero attached hydrogens (tertiary/aromatic N) is 2. The summed E-state index contributed by atoms with van der Waals surface area (Å²) >= 11 is 0. The van der Waals surface area contributed by atoms with E-state index in [2.05, 4.69) is 11.6 Å². The van der Waals surface area contributed by atoms with Gasteiger partial charge in [0.2, 0.25) is 0 Å². The van der Waals surface area contributed by atoms with Gasteiger partial charge in [-0.25, -0.2) is 4.99 Å². The van der Waals surface area contributed by atoms with Crippen molar-refractivity contribution in [2.24, 2.45) is 4.99 Å². The molecule has 0 atom stereocenters. The molecule has 3 rings (SSSR count). The highest BCUT2D eigenvalue weighted by atomic mass is 16.2. The summed E-state index contributed by atoms with van der Waals surface area (Å²) in [5, 5.41) is 2.09. The van der Waals surface area contributed by atoms with Gasteiger partial charge in [0.15, 0.2) is 0 Å². The van der Waals surface area contributed by atoms with Gasteiger partial charge >= 0.3 is 0 Å². The Morgan fingerprint density at radius 3 is 2.76 bits per heavy atom. The molecule has 0 N–H and O–H groups in total. The normalized spacial score (nSPS) is 12.8. The Morgan fingerprint density at radius 1 is 1.24 bits per heavy atom. The summed E-state index contributed by atoms with van der Waals surface area (Å²) < 4.78 is 0. The van der Waals surface area contributed by atoms with Gasteiger partial charge < -0.3 is 0 Å². The molecule has 0 saturated carbocycles. The zero-order chi connectivity index (χ0) is 11.8. The van der Waals surface area contributed by atoms with E-state index in [1.165, 1.54) is 11.0 Å². The Kier molecular flexibility index (Phi) is 2.05. The van der Waals surface area contributed by atoms with Crippen LogP contribution in [0.15, 0.2) is 54.0 Å². The molecule has 82 valence electrons. The monoisotopic (exact) mass is 222 g/mol. The van der Waals surface area contributed by atoms with Crippen molar-refractivity contribution in [1.29, 1.82) is 0 Å². The minimum atomic E-state index is -0.171. The van der Waals surface area contributed by atoms with E-state index in [1.54, 1.807) is 6.34 Å². The van der Waals surface area contributed by atoms with Gasteiger partial charge in [0.05, 0.1) is 11.4 Å². The van der Waals surface area contributed by atoms with Crippen LogP contribution in [0.4, 0.5) is 11.4 Å². The maximum Gasteiger partial charge on any atom is 0.255 e. The second-order valence-corrected chi connectivity index (χ2v) is 3.81. The maximum absolute atomic E-state index is 11.7. The highest BCUT2D eigenvalue weighted by molar-refractivity contribution is 6.21. The molecule has 0 aliphatic carbocycles. The molecule has 3 heteroatoms. The number of hydrogen-bond acceptors (Lipinski definition) is 2. The second kappa shape index (κ2) is 3.56. The van der Waals surface area contributed by atoms with Crippen molar-refractivity contribution in [2.45, 2.75) is 0 Å². The number of rotatable bonds is 1. The third-order valence-electron chi connectivity index (χ3n) is 2.84. The van der Waals surface area contributed by atoms with Crippen LogP contribution in [-0.4, -0.2) is 12.2 Å². The van der Waals surface area contributed by atoms with Gasteiger partial charge in [-0.15, -0.1) is 0 Å². The maximum atomic E-state index is 11.7. The molecule has 1 amide bonds. The first-order chi connectivity index (χ1) is 8.31. The first-order valence-corrected chi connectivity index (χ1v) is 5.33. The van der Waals surface area contributed by atoms with Gasteiger partial charge in [0.25, 0.3) is 5.91 Å². The van der Waals surface area contributed by atoms with Crippen molar-refractivity contribution in [3.8, 4) is 0 Å². The van der Waals surface area contributed by atoms with E-state index in [0.29, 0.717) is 0 Å². The molecular formula is C14H10N2O. The predicted molar refractivity (Wildman–Crippen MR) is 69.8 cm³/mol. The molecule has 1 heterocycles. The number of amides is 1. The number of aliphatic imine (C=N–C) groups is 1. The summed E-state index contributed by atoms with van der Waals surface area (Å²) in [6.45, 7) is 3.50. The first kappa shape index (κ1) is 9.78. The predicted octanol–water partition coefficient (Wildman–Crippen LogP) is 3.03. The third kappa shape index (κ3) is 1.36. The van der Waals surface area contributed by atoms with E-state index in [9.17, 15) is 4.79 Å². The number of hydrogen-bond donors (Lipinski definition) is 0. The molecule has 2 aromatic rings. The Hall–Kier alpha value is -2.42. The number of carbonyl (C=O) groups is 1. The quantitative estimate of drug-likeness (QED) is 0.682. The SMILES string of the molecule is C=CC(=O)N1C=Nc2cccc3cccc1c23.